The van der Waals surface area contributed by atoms with Crippen molar-refractivity contribution in [3.8, 4) is 0 Å². The predicted molar refractivity (Wildman–Crippen MR) is 150 cm³/mol. The molecule has 1 spiro atoms. The molecule has 8 heteroatoms. The molecule has 2 bridgehead atoms. The van der Waals surface area contributed by atoms with Crippen LogP contribution in [0, 0.1) is 11.8 Å². The molecule has 6 rings (SSSR count). The molecule has 2 N–H and O–H groups in total. The van der Waals surface area contributed by atoms with E-state index in [1.165, 1.54) is 4.90 Å². The van der Waals surface area contributed by atoms with Gasteiger partial charge in [-0.05, 0) is 47.7 Å². The number of carboxylic acid groups (broad SMARTS) is 1. The van der Waals surface area contributed by atoms with Crippen molar-refractivity contribution < 1.29 is 29.3 Å². The number of amides is 2. The molecular formula is C32H32N2O6. The molecular weight excluding hydrogens is 508 g/mol. The largest absolute Gasteiger partial charge is 0.481 e. The molecule has 0 aromatic heterocycles. The van der Waals surface area contributed by atoms with Crippen LogP contribution in [0.5, 0.6) is 0 Å². The molecule has 3 aliphatic heterocycles. The van der Waals surface area contributed by atoms with Crippen molar-refractivity contribution >= 4 is 34.2 Å². The highest BCUT2D eigenvalue weighted by molar-refractivity contribution is 6.05. The zero-order valence-corrected chi connectivity index (χ0v) is 22.1. The lowest BCUT2D eigenvalue weighted by Gasteiger charge is -2.39. The Labute approximate surface area is 232 Å². The molecule has 3 fully saturated rings. The first-order valence-corrected chi connectivity index (χ1v) is 13.7. The fraction of sp³-hybridized carbons (Fsp3) is 0.344. The van der Waals surface area contributed by atoms with Crippen LogP contribution in [0.3, 0.4) is 0 Å². The third-order valence-corrected chi connectivity index (χ3v) is 8.80. The molecule has 6 atom stereocenters. The minimum Gasteiger partial charge on any atom is -0.481 e. The van der Waals surface area contributed by atoms with Gasteiger partial charge in [0.1, 0.15) is 11.6 Å². The van der Waals surface area contributed by atoms with Crippen molar-refractivity contribution in [2.45, 2.75) is 43.1 Å². The lowest BCUT2D eigenvalue weighted by atomic mass is 9.70. The lowest BCUT2D eigenvalue weighted by Crippen LogP contribution is -2.59. The van der Waals surface area contributed by atoms with E-state index in [-0.39, 0.29) is 19.1 Å². The van der Waals surface area contributed by atoms with Gasteiger partial charge in [-0.1, -0.05) is 66.7 Å². The maximum atomic E-state index is 14.7. The van der Waals surface area contributed by atoms with E-state index in [1.54, 1.807) is 11.0 Å². The number of aliphatic carboxylic acids is 1. The van der Waals surface area contributed by atoms with Crippen LogP contribution in [0.4, 0.5) is 5.69 Å². The van der Waals surface area contributed by atoms with E-state index in [2.05, 4.69) is 6.58 Å². The van der Waals surface area contributed by atoms with Crippen molar-refractivity contribution in [2.75, 3.05) is 18.1 Å². The Morgan fingerprint density at radius 3 is 2.52 bits per heavy atom. The number of carbonyl (C=O) groups is 3. The third kappa shape index (κ3) is 4.01. The standard InChI is InChI=1S/C32H32N2O6/c1-2-16-33(23-13-12-21-10-6-7-11-22(21)18-23)30(37)28-32-15-14-25(40-32)26(31(38)39)27(32)29(36)34(28)24(19-35)17-20-8-4-3-5-9-20/h2-13,18,24-28,35H,1,14-17,19H2,(H,38,39)/t24-,25-,26+,27+,28?,32?/m1/s1. The summed E-state index contributed by atoms with van der Waals surface area (Å²) in [5.41, 5.74) is 0.261. The lowest BCUT2D eigenvalue weighted by molar-refractivity contribution is -0.151. The normalized spacial score (nSPS) is 27.5. The SMILES string of the molecule is C=CCN(C(=O)C1N([C@@H](CO)Cc2ccccc2)C(=O)[C@@H]2[C@@H](C(=O)O)[C@H]3CCC12O3)c1ccc2ccccc2c1. The Balaban J connectivity index is 1.45. The maximum Gasteiger partial charge on any atom is 0.310 e. The molecule has 3 aromatic carbocycles. The van der Waals surface area contributed by atoms with E-state index in [4.69, 9.17) is 4.74 Å². The molecule has 3 saturated heterocycles. The number of aliphatic hydroxyl groups is 1. The molecule has 3 aromatic rings. The summed E-state index contributed by atoms with van der Waals surface area (Å²) in [4.78, 5) is 44.2. The second kappa shape index (κ2) is 10.2. The Morgan fingerprint density at radius 2 is 1.82 bits per heavy atom. The van der Waals surface area contributed by atoms with E-state index in [0.717, 1.165) is 16.3 Å². The fourth-order valence-electron chi connectivity index (χ4n) is 7.13. The molecule has 0 radical (unpaired) electrons. The van der Waals surface area contributed by atoms with E-state index in [9.17, 15) is 24.6 Å². The number of hydrogen-bond donors (Lipinski definition) is 2. The number of carbonyl (C=O) groups excluding carboxylic acids is 2. The number of likely N-dealkylation sites (tertiary alicyclic amines) is 1. The zero-order chi connectivity index (χ0) is 28.0. The van der Waals surface area contributed by atoms with Gasteiger partial charge in [-0.25, -0.2) is 0 Å². The molecule has 3 aliphatic rings. The second-order valence-electron chi connectivity index (χ2n) is 10.9. The van der Waals surface area contributed by atoms with E-state index in [0.29, 0.717) is 24.9 Å². The predicted octanol–water partition coefficient (Wildman–Crippen LogP) is 3.42. The van der Waals surface area contributed by atoms with Crippen molar-refractivity contribution in [3.63, 3.8) is 0 Å². The number of anilines is 1. The number of benzene rings is 3. The molecule has 8 nitrogen and oxygen atoms in total. The summed E-state index contributed by atoms with van der Waals surface area (Å²) in [6.45, 7) is 3.66. The van der Waals surface area contributed by atoms with Crippen LogP contribution in [-0.2, 0) is 25.5 Å². The summed E-state index contributed by atoms with van der Waals surface area (Å²) in [6, 6.07) is 21.2. The average Bonchev–Trinajstić information content (AvgIpc) is 3.62. The van der Waals surface area contributed by atoms with Crippen molar-refractivity contribution in [1.29, 1.82) is 0 Å². The number of nitrogens with zero attached hydrogens (tertiary/aromatic N) is 2. The van der Waals surface area contributed by atoms with Crippen LogP contribution >= 0.6 is 0 Å². The number of fused-ring (bicyclic) bond motifs is 2. The smallest absolute Gasteiger partial charge is 0.310 e. The highest BCUT2D eigenvalue weighted by Gasteiger charge is 2.75. The molecule has 3 heterocycles. The summed E-state index contributed by atoms with van der Waals surface area (Å²) in [5, 5.41) is 22.6. The van der Waals surface area contributed by atoms with Gasteiger partial charge in [0.2, 0.25) is 5.91 Å². The Hall–Kier alpha value is -4.01. The Kier molecular flexibility index (Phi) is 6.68. The minimum atomic E-state index is -1.28. The van der Waals surface area contributed by atoms with Crippen LogP contribution in [0.2, 0.25) is 0 Å². The quantitative estimate of drug-likeness (QED) is 0.403. The van der Waals surface area contributed by atoms with E-state index in [1.807, 2.05) is 72.8 Å². The number of hydrogen-bond acceptors (Lipinski definition) is 5. The molecule has 40 heavy (non-hydrogen) atoms. The van der Waals surface area contributed by atoms with Gasteiger partial charge in [0.05, 0.1) is 30.6 Å². The van der Waals surface area contributed by atoms with Gasteiger partial charge in [-0.2, -0.15) is 0 Å². The van der Waals surface area contributed by atoms with Crippen molar-refractivity contribution in [2.24, 2.45) is 11.8 Å². The number of aliphatic hydroxyl groups excluding tert-OH is 1. The maximum absolute atomic E-state index is 14.7. The molecule has 0 saturated carbocycles. The average molecular weight is 541 g/mol. The summed E-state index contributed by atoms with van der Waals surface area (Å²) in [7, 11) is 0. The summed E-state index contributed by atoms with van der Waals surface area (Å²) in [5.74, 6) is -3.95. The Morgan fingerprint density at radius 1 is 1.10 bits per heavy atom. The van der Waals surface area contributed by atoms with Gasteiger partial charge < -0.3 is 24.7 Å². The van der Waals surface area contributed by atoms with Crippen LogP contribution in [0.15, 0.2) is 85.5 Å². The van der Waals surface area contributed by atoms with Gasteiger partial charge >= 0.3 is 5.97 Å². The van der Waals surface area contributed by atoms with Gasteiger partial charge in [0.25, 0.3) is 5.91 Å². The third-order valence-electron chi connectivity index (χ3n) is 8.80. The van der Waals surface area contributed by atoms with Gasteiger partial charge in [-0.15, -0.1) is 6.58 Å². The summed E-state index contributed by atoms with van der Waals surface area (Å²) in [6.07, 6.45) is 2.17. The van der Waals surface area contributed by atoms with Crippen LogP contribution in [-0.4, -0.2) is 69.8 Å². The van der Waals surface area contributed by atoms with Gasteiger partial charge in [0.15, 0.2) is 0 Å². The van der Waals surface area contributed by atoms with Gasteiger partial charge in [-0.3, -0.25) is 14.4 Å². The molecule has 2 amide bonds. The fourth-order valence-corrected chi connectivity index (χ4v) is 7.13. The summed E-state index contributed by atoms with van der Waals surface area (Å²) < 4.78 is 6.37. The zero-order valence-electron chi connectivity index (χ0n) is 22.1. The molecule has 2 unspecified atom stereocenters. The molecule has 206 valence electrons. The Bertz CT molecular complexity index is 1470. The minimum absolute atomic E-state index is 0.185. The highest BCUT2D eigenvalue weighted by Crippen LogP contribution is 2.59. The first kappa shape index (κ1) is 26.2. The first-order valence-electron chi connectivity index (χ1n) is 13.7. The summed E-state index contributed by atoms with van der Waals surface area (Å²) >= 11 is 0. The van der Waals surface area contributed by atoms with E-state index < -0.39 is 47.5 Å². The number of ether oxygens (including phenoxy) is 1. The topological polar surface area (TPSA) is 107 Å². The first-order chi connectivity index (χ1) is 19.4. The number of carboxylic acids is 1. The number of rotatable bonds is 9. The highest BCUT2D eigenvalue weighted by atomic mass is 16.5. The van der Waals surface area contributed by atoms with E-state index >= 15 is 0 Å². The van der Waals surface area contributed by atoms with Gasteiger partial charge in [0, 0.05) is 12.2 Å². The van der Waals surface area contributed by atoms with Crippen molar-refractivity contribution in [3.05, 3.63) is 91.0 Å². The van der Waals surface area contributed by atoms with Crippen LogP contribution in [0.25, 0.3) is 10.8 Å². The molecule has 0 aliphatic carbocycles. The second-order valence-corrected chi connectivity index (χ2v) is 10.9. The van der Waals surface area contributed by atoms with Crippen LogP contribution in [0.1, 0.15) is 18.4 Å². The van der Waals surface area contributed by atoms with Crippen LogP contribution < -0.4 is 4.90 Å². The van der Waals surface area contributed by atoms with Crippen molar-refractivity contribution in [1.82, 2.24) is 4.90 Å². The monoisotopic (exact) mass is 540 g/mol.